The molecule has 0 bridgehead atoms. The standard InChI is InChI=1S/C23H23NO4/c1-16-7-6-8-17(2)23(16)24-21(25)15-27-22(26)14-12-19-11-13-20(28-19)18-9-4-3-5-10-18/h3-11,13H,12,14-15H2,1-2H3,(H,24,25). The predicted molar refractivity (Wildman–Crippen MR) is 108 cm³/mol. The lowest BCUT2D eigenvalue weighted by molar-refractivity contribution is -0.147. The second kappa shape index (κ2) is 9.04. The summed E-state index contributed by atoms with van der Waals surface area (Å²) in [6.45, 7) is 3.53. The number of carbonyl (C=O) groups is 2. The number of esters is 1. The molecule has 1 amide bonds. The second-order valence-corrected chi connectivity index (χ2v) is 6.61. The molecular formula is C23H23NO4. The molecule has 0 fully saturated rings. The van der Waals surface area contributed by atoms with E-state index in [-0.39, 0.29) is 18.9 Å². The first-order valence-corrected chi connectivity index (χ1v) is 9.19. The highest BCUT2D eigenvalue weighted by molar-refractivity contribution is 5.94. The number of rotatable bonds is 7. The Kier molecular flexibility index (Phi) is 6.27. The molecule has 5 nitrogen and oxygen atoms in total. The first-order chi connectivity index (χ1) is 13.5. The Morgan fingerprint density at radius 3 is 2.36 bits per heavy atom. The van der Waals surface area contributed by atoms with Gasteiger partial charge < -0.3 is 14.5 Å². The Morgan fingerprint density at radius 1 is 0.929 bits per heavy atom. The first kappa shape index (κ1) is 19.4. The Bertz CT molecular complexity index is 939. The average Bonchev–Trinajstić information content (AvgIpc) is 3.17. The van der Waals surface area contributed by atoms with Crippen LogP contribution in [0.3, 0.4) is 0 Å². The van der Waals surface area contributed by atoms with Gasteiger partial charge in [0.1, 0.15) is 11.5 Å². The molecule has 1 aromatic heterocycles. The van der Waals surface area contributed by atoms with Crippen LogP contribution in [0.25, 0.3) is 11.3 Å². The average molecular weight is 377 g/mol. The van der Waals surface area contributed by atoms with Gasteiger partial charge in [-0.3, -0.25) is 9.59 Å². The summed E-state index contributed by atoms with van der Waals surface area (Å²) < 4.78 is 10.8. The molecule has 0 atom stereocenters. The molecule has 0 aliphatic rings. The third-order valence-electron chi connectivity index (χ3n) is 4.41. The van der Waals surface area contributed by atoms with Gasteiger partial charge in [-0.15, -0.1) is 0 Å². The molecule has 0 aliphatic heterocycles. The Morgan fingerprint density at radius 2 is 1.64 bits per heavy atom. The van der Waals surface area contributed by atoms with Crippen molar-refractivity contribution in [3.05, 3.63) is 77.6 Å². The van der Waals surface area contributed by atoms with Gasteiger partial charge in [0.15, 0.2) is 6.61 Å². The van der Waals surface area contributed by atoms with Crippen molar-refractivity contribution < 1.29 is 18.7 Å². The van der Waals surface area contributed by atoms with E-state index in [9.17, 15) is 9.59 Å². The minimum absolute atomic E-state index is 0.151. The Labute approximate surface area is 164 Å². The lowest BCUT2D eigenvalue weighted by Crippen LogP contribution is -2.21. The molecule has 0 saturated carbocycles. The van der Waals surface area contributed by atoms with Crippen molar-refractivity contribution in [1.82, 2.24) is 0 Å². The summed E-state index contributed by atoms with van der Waals surface area (Å²) in [5, 5.41) is 2.79. The number of amides is 1. The number of nitrogens with one attached hydrogen (secondary N) is 1. The number of carbonyl (C=O) groups excluding carboxylic acids is 2. The fraction of sp³-hybridized carbons (Fsp3) is 0.217. The largest absolute Gasteiger partial charge is 0.461 e. The van der Waals surface area contributed by atoms with E-state index in [4.69, 9.17) is 9.15 Å². The van der Waals surface area contributed by atoms with Crippen LogP contribution in [0.15, 0.2) is 65.1 Å². The van der Waals surface area contributed by atoms with E-state index >= 15 is 0 Å². The maximum atomic E-state index is 12.0. The van der Waals surface area contributed by atoms with Crippen molar-refractivity contribution in [2.75, 3.05) is 11.9 Å². The SMILES string of the molecule is Cc1cccc(C)c1NC(=O)COC(=O)CCc1ccc(-c2ccccc2)o1. The molecule has 0 unspecified atom stereocenters. The molecule has 0 aliphatic carbocycles. The maximum Gasteiger partial charge on any atom is 0.306 e. The number of hydrogen-bond acceptors (Lipinski definition) is 4. The zero-order chi connectivity index (χ0) is 19.9. The highest BCUT2D eigenvalue weighted by atomic mass is 16.5. The van der Waals surface area contributed by atoms with Crippen molar-refractivity contribution in [1.29, 1.82) is 0 Å². The van der Waals surface area contributed by atoms with Gasteiger partial charge in [-0.05, 0) is 37.1 Å². The zero-order valence-electron chi connectivity index (χ0n) is 16.0. The molecule has 1 heterocycles. The molecule has 144 valence electrons. The highest BCUT2D eigenvalue weighted by Gasteiger charge is 2.12. The Balaban J connectivity index is 1.45. The summed E-state index contributed by atoms with van der Waals surface area (Å²) in [5.41, 5.74) is 3.67. The summed E-state index contributed by atoms with van der Waals surface area (Å²) in [4.78, 5) is 24.0. The third-order valence-corrected chi connectivity index (χ3v) is 4.41. The number of benzene rings is 2. The predicted octanol–water partition coefficient (Wildman–Crippen LogP) is 4.68. The molecule has 5 heteroatoms. The fourth-order valence-electron chi connectivity index (χ4n) is 2.90. The molecule has 0 radical (unpaired) electrons. The van der Waals surface area contributed by atoms with E-state index in [0.717, 1.165) is 28.1 Å². The molecule has 0 spiro atoms. The fourth-order valence-corrected chi connectivity index (χ4v) is 2.90. The molecule has 0 saturated heterocycles. The lowest BCUT2D eigenvalue weighted by Gasteiger charge is -2.11. The number of para-hydroxylation sites is 1. The van der Waals surface area contributed by atoms with Crippen molar-refractivity contribution in [3.8, 4) is 11.3 Å². The number of furan rings is 1. The summed E-state index contributed by atoms with van der Waals surface area (Å²) in [7, 11) is 0. The van der Waals surface area contributed by atoms with Crippen LogP contribution in [0, 0.1) is 13.8 Å². The number of hydrogen-bond donors (Lipinski definition) is 1. The molecule has 3 aromatic rings. The first-order valence-electron chi connectivity index (χ1n) is 9.19. The second-order valence-electron chi connectivity index (χ2n) is 6.61. The number of ether oxygens (including phenoxy) is 1. The summed E-state index contributed by atoms with van der Waals surface area (Å²) >= 11 is 0. The normalized spacial score (nSPS) is 10.5. The van der Waals surface area contributed by atoms with Gasteiger partial charge in [0.25, 0.3) is 5.91 Å². The monoisotopic (exact) mass is 377 g/mol. The van der Waals surface area contributed by atoms with Crippen LogP contribution < -0.4 is 5.32 Å². The third kappa shape index (κ3) is 5.10. The number of anilines is 1. The van der Waals surface area contributed by atoms with E-state index in [1.54, 1.807) is 0 Å². The van der Waals surface area contributed by atoms with Gasteiger partial charge >= 0.3 is 5.97 Å². The van der Waals surface area contributed by atoms with Crippen LogP contribution in [-0.4, -0.2) is 18.5 Å². The molecular weight excluding hydrogens is 354 g/mol. The summed E-state index contributed by atoms with van der Waals surface area (Å²) in [5.74, 6) is 0.678. The van der Waals surface area contributed by atoms with E-state index in [0.29, 0.717) is 12.2 Å². The van der Waals surface area contributed by atoms with Crippen LogP contribution in [0.4, 0.5) is 5.69 Å². The minimum Gasteiger partial charge on any atom is -0.461 e. The van der Waals surface area contributed by atoms with Gasteiger partial charge in [-0.2, -0.15) is 0 Å². The summed E-state index contributed by atoms with van der Waals surface area (Å²) in [6.07, 6.45) is 0.572. The van der Waals surface area contributed by atoms with E-state index < -0.39 is 5.97 Å². The van der Waals surface area contributed by atoms with Crippen LogP contribution >= 0.6 is 0 Å². The van der Waals surface area contributed by atoms with Gasteiger partial charge in [-0.25, -0.2) is 0 Å². The Hall–Kier alpha value is -3.34. The number of aryl methyl sites for hydroxylation is 3. The topological polar surface area (TPSA) is 68.5 Å². The molecule has 28 heavy (non-hydrogen) atoms. The van der Waals surface area contributed by atoms with Crippen LogP contribution in [0.5, 0.6) is 0 Å². The minimum atomic E-state index is -0.436. The van der Waals surface area contributed by atoms with E-state index in [2.05, 4.69) is 5.32 Å². The van der Waals surface area contributed by atoms with Gasteiger partial charge in [0.2, 0.25) is 0 Å². The van der Waals surface area contributed by atoms with E-state index in [1.165, 1.54) is 0 Å². The zero-order valence-corrected chi connectivity index (χ0v) is 16.0. The van der Waals surface area contributed by atoms with E-state index in [1.807, 2.05) is 74.5 Å². The molecule has 1 N–H and O–H groups in total. The van der Waals surface area contributed by atoms with Crippen LogP contribution in [0.2, 0.25) is 0 Å². The van der Waals surface area contributed by atoms with Gasteiger partial charge in [0, 0.05) is 17.7 Å². The highest BCUT2D eigenvalue weighted by Crippen LogP contribution is 2.22. The van der Waals surface area contributed by atoms with Crippen molar-refractivity contribution in [2.45, 2.75) is 26.7 Å². The van der Waals surface area contributed by atoms with Crippen LogP contribution in [-0.2, 0) is 20.7 Å². The van der Waals surface area contributed by atoms with Crippen LogP contribution in [0.1, 0.15) is 23.3 Å². The van der Waals surface area contributed by atoms with Crippen molar-refractivity contribution >= 4 is 17.6 Å². The smallest absolute Gasteiger partial charge is 0.306 e. The van der Waals surface area contributed by atoms with Gasteiger partial charge in [0.05, 0.1) is 6.42 Å². The lowest BCUT2D eigenvalue weighted by atomic mass is 10.1. The maximum absolute atomic E-state index is 12.0. The molecule has 3 rings (SSSR count). The van der Waals surface area contributed by atoms with Crippen molar-refractivity contribution in [2.24, 2.45) is 0 Å². The molecule has 2 aromatic carbocycles. The summed E-state index contributed by atoms with van der Waals surface area (Å²) in [6, 6.07) is 19.3. The van der Waals surface area contributed by atoms with Crippen molar-refractivity contribution in [3.63, 3.8) is 0 Å². The van der Waals surface area contributed by atoms with Gasteiger partial charge in [-0.1, -0.05) is 48.5 Å². The quantitative estimate of drug-likeness (QED) is 0.607.